The van der Waals surface area contributed by atoms with Crippen molar-refractivity contribution in [2.24, 2.45) is 0 Å². The van der Waals surface area contributed by atoms with Gasteiger partial charge in [0.25, 0.3) is 0 Å². The van der Waals surface area contributed by atoms with Gasteiger partial charge >= 0.3 is 0 Å². The number of rotatable bonds is 4. The smallest absolute Gasteiger partial charge is 0.248 e. The molecule has 1 saturated heterocycles. The van der Waals surface area contributed by atoms with Crippen molar-refractivity contribution in [3.8, 4) is 6.07 Å². The Kier molecular flexibility index (Phi) is 5.39. The number of amides is 1. The van der Waals surface area contributed by atoms with Crippen molar-refractivity contribution in [1.29, 1.82) is 5.26 Å². The summed E-state index contributed by atoms with van der Waals surface area (Å²) in [5, 5.41) is 11.5. The Labute approximate surface area is 146 Å². The number of pyridine rings is 1. The summed E-state index contributed by atoms with van der Waals surface area (Å²) in [5.41, 5.74) is 2.09. The molecule has 25 heavy (non-hydrogen) atoms. The molecule has 0 saturated carbocycles. The predicted molar refractivity (Wildman–Crippen MR) is 96.1 cm³/mol. The molecule has 1 aliphatic heterocycles. The lowest BCUT2D eigenvalue weighted by atomic mass is 10.1. The van der Waals surface area contributed by atoms with Crippen molar-refractivity contribution in [3.05, 3.63) is 59.8 Å². The molecule has 2 heterocycles. The Hall–Kier alpha value is -3.17. The Morgan fingerprint density at radius 3 is 2.60 bits per heavy atom. The second kappa shape index (κ2) is 8.08. The van der Waals surface area contributed by atoms with E-state index in [-0.39, 0.29) is 5.91 Å². The number of hydrogen-bond acceptors (Lipinski definition) is 5. The Morgan fingerprint density at radius 1 is 1.20 bits per heavy atom. The molecule has 126 valence electrons. The van der Waals surface area contributed by atoms with Gasteiger partial charge in [-0.3, -0.25) is 4.79 Å². The van der Waals surface area contributed by atoms with Crippen molar-refractivity contribution in [2.75, 3.05) is 36.5 Å². The maximum absolute atomic E-state index is 12.0. The molecule has 0 spiro atoms. The third-order valence-electron chi connectivity index (χ3n) is 3.82. The zero-order valence-electron chi connectivity index (χ0n) is 13.7. The number of anilines is 2. The number of benzene rings is 1. The summed E-state index contributed by atoms with van der Waals surface area (Å²) in [7, 11) is 0. The summed E-state index contributed by atoms with van der Waals surface area (Å²) in [6, 6.07) is 12.8. The van der Waals surface area contributed by atoms with Crippen LogP contribution >= 0.6 is 0 Å². The van der Waals surface area contributed by atoms with Crippen molar-refractivity contribution in [2.45, 2.75) is 0 Å². The van der Waals surface area contributed by atoms with Crippen LogP contribution in [-0.2, 0) is 9.53 Å². The quantitative estimate of drug-likeness (QED) is 0.869. The fourth-order valence-electron chi connectivity index (χ4n) is 2.46. The number of aromatic nitrogens is 1. The molecular weight excluding hydrogens is 316 g/mol. The number of nitriles is 1. The fourth-order valence-corrected chi connectivity index (χ4v) is 2.46. The molecule has 6 heteroatoms. The van der Waals surface area contributed by atoms with E-state index in [0.29, 0.717) is 24.5 Å². The average Bonchev–Trinajstić information content (AvgIpc) is 2.68. The zero-order chi connectivity index (χ0) is 17.5. The van der Waals surface area contributed by atoms with Gasteiger partial charge < -0.3 is 15.0 Å². The van der Waals surface area contributed by atoms with Crippen LogP contribution in [0, 0.1) is 11.3 Å². The van der Waals surface area contributed by atoms with E-state index in [2.05, 4.69) is 21.3 Å². The minimum atomic E-state index is -0.231. The molecular formula is C19H18N4O2. The standard InChI is InChI=1S/C19H18N4O2/c20-13-16-3-1-15(2-4-16)5-8-19(24)22-17-6-7-18(21-14-17)23-9-11-25-12-10-23/h1-8,14H,9-12H2,(H,22,24). The molecule has 0 atom stereocenters. The number of ether oxygens (including phenoxy) is 1. The normalized spacial score (nSPS) is 14.3. The molecule has 1 aliphatic rings. The van der Waals surface area contributed by atoms with Gasteiger partial charge in [0.15, 0.2) is 0 Å². The molecule has 0 unspecified atom stereocenters. The summed E-state index contributed by atoms with van der Waals surface area (Å²) in [5.74, 6) is 0.653. The van der Waals surface area contributed by atoms with Crippen LogP contribution in [0.25, 0.3) is 6.08 Å². The first kappa shape index (κ1) is 16.7. The van der Waals surface area contributed by atoms with E-state index in [1.807, 2.05) is 12.1 Å². The summed E-state index contributed by atoms with van der Waals surface area (Å²) >= 11 is 0. The summed E-state index contributed by atoms with van der Waals surface area (Å²) in [4.78, 5) is 18.5. The third-order valence-corrected chi connectivity index (χ3v) is 3.82. The lowest BCUT2D eigenvalue weighted by Gasteiger charge is -2.27. The minimum Gasteiger partial charge on any atom is -0.378 e. The maximum Gasteiger partial charge on any atom is 0.248 e. The third kappa shape index (κ3) is 4.66. The molecule has 1 aromatic heterocycles. The van der Waals surface area contributed by atoms with Crippen LogP contribution < -0.4 is 10.2 Å². The van der Waals surface area contributed by atoms with Crippen LogP contribution in [0.4, 0.5) is 11.5 Å². The first-order chi connectivity index (χ1) is 12.2. The van der Waals surface area contributed by atoms with Crippen LogP contribution in [0.3, 0.4) is 0 Å². The van der Waals surface area contributed by atoms with E-state index in [1.165, 1.54) is 6.08 Å². The number of carbonyl (C=O) groups excluding carboxylic acids is 1. The predicted octanol–water partition coefficient (Wildman–Crippen LogP) is 2.44. The van der Waals surface area contributed by atoms with Crippen molar-refractivity contribution in [3.63, 3.8) is 0 Å². The monoisotopic (exact) mass is 334 g/mol. The number of hydrogen-bond donors (Lipinski definition) is 1. The summed E-state index contributed by atoms with van der Waals surface area (Å²) < 4.78 is 5.32. The van der Waals surface area contributed by atoms with Crippen LogP contribution in [0.2, 0.25) is 0 Å². The van der Waals surface area contributed by atoms with Gasteiger partial charge in [-0.1, -0.05) is 12.1 Å². The highest BCUT2D eigenvalue weighted by Crippen LogP contribution is 2.15. The lowest BCUT2D eigenvalue weighted by Crippen LogP contribution is -2.36. The van der Waals surface area contributed by atoms with Gasteiger partial charge in [-0.15, -0.1) is 0 Å². The first-order valence-corrected chi connectivity index (χ1v) is 8.02. The molecule has 3 rings (SSSR count). The largest absolute Gasteiger partial charge is 0.378 e. The van der Waals surface area contributed by atoms with Crippen LogP contribution in [0.1, 0.15) is 11.1 Å². The van der Waals surface area contributed by atoms with Crippen molar-refractivity contribution >= 4 is 23.5 Å². The molecule has 1 aromatic carbocycles. The highest BCUT2D eigenvalue weighted by atomic mass is 16.5. The van der Waals surface area contributed by atoms with Gasteiger partial charge in [0.2, 0.25) is 5.91 Å². The second-order valence-corrected chi connectivity index (χ2v) is 5.56. The topological polar surface area (TPSA) is 78.2 Å². The van der Waals surface area contributed by atoms with Gasteiger partial charge in [0, 0.05) is 19.2 Å². The highest BCUT2D eigenvalue weighted by molar-refractivity contribution is 6.01. The molecule has 2 aromatic rings. The Bertz CT molecular complexity index is 786. The van der Waals surface area contributed by atoms with Gasteiger partial charge in [0.1, 0.15) is 5.82 Å². The molecule has 1 amide bonds. The van der Waals surface area contributed by atoms with Gasteiger partial charge in [-0.05, 0) is 35.9 Å². The average molecular weight is 334 g/mol. The van der Waals surface area contributed by atoms with E-state index in [9.17, 15) is 4.79 Å². The highest BCUT2D eigenvalue weighted by Gasteiger charge is 2.12. The minimum absolute atomic E-state index is 0.231. The van der Waals surface area contributed by atoms with E-state index in [0.717, 1.165) is 24.5 Å². The molecule has 1 fully saturated rings. The Balaban J connectivity index is 1.56. The Morgan fingerprint density at radius 2 is 1.96 bits per heavy atom. The summed E-state index contributed by atoms with van der Waals surface area (Å²) in [6.07, 6.45) is 4.81. The maximum atomic E-state index is 12.0. The van der Waals surface area contributed by atoms with Crippen LogP contribution in [0.5, 0.6) is 0 Å². The molecule has 0 aliphatic carbocycles. The van der Waals surface area contributed by atoms with Gasteiger partial charge in [-0.2, -0.15) is 5.26 Å². The van der Waals surface area contributed by atoms with Gasteiger partial charge in [0.05, 0.1) is 36.7 Å². The molecule has 0 radical (unpaired) electrons. The molecule has 1 N–H and O–H groups in total. The molecule has 0 bridgehead atoms. The SMILES string of the molecule is N#Cc1ccc(C=CC(=O)Nc2ccc(N3CCOCC3)nc2)cc1. The van der Waals surface area contributed by atoms with Crippen LogP contribution in [0.15, 0.2) is 48.7 Å². The lowest BCUT2D eigenvalue weighted by molar-refractivity contribution is -0.111. The first-order valence-electron chi connectivity index (χ1n) is 8.02. The number of morpholine rings is 1. The van der Waals surface area contributed by atoms with E-state index in [4.69, 9.17) is 10.00 Å². The second-order valence-electron chi connectivity index (χ2n) is 5.56. The summed E-state index contributed by atoms with van der Waals surface area (Å²) in [6.45, 7) is 3.07. The number of nitrogens with one attached hydrogen (secondary N) is 1. The fraction of sp³-hybridized carbons (Fsp3) is 0.211. The number of carbonyl (C=O) groups is 1. The van der Waals surface area contributed by atoms with Gasteiger partial charge in [-0.25, -0.2) is 4.98 Å². The van der Waals surface area contributed by atoms with Crippen LogP contribution in [-0.4, -0.2) is 37.2 Å². The zero-order valence-corrected chi connectivity index (χ0v) is 13.7. The van der Waals surface area contributed by atoms with Crippen molar-refractivity contribution in [1.82, 2.24) is 4.98 Å². The van der Waals surface area contributed by atoms with E-state index < -0.39 is 0 Å². The van der Waals surface area contributed by atoms with E-state index in [1.54, 1.807) is 36.5 Å². The van der Waals surface area contributed by atoms with Crippen molar-refractivity contribution < 1.29 is 9.53 Å². The van der Waals surface area contributed by atoms with E-state index >= 15 is 0 Å². The molecule has 6 nitrogen and oxygen atoms in total. The number of nitrogens with zero attached hydrogens (tertiary/aromatic N) is 3.